The molecule has 3 heterocycles. The number of pyridine rings is 1. The van der Waals surface area contributed by atoms with Crippen LogP contribution in [0.3, 0.4) is 0 Å². The summed E-state index contributed by atoms with van der Waals surface area (Å²) in [6.07, 6.45) is 1.85. The van der Waals surface area contributed by atoms with Crippen molar-refractivity contribution in [2.24, 2.45) is 0 Å². The van der Waals surface area contributed by atoms with Crippen molar-refractivity contribution < 1.29 is 25.8 Å². The van der Waals surface area contributed by atoms with Crippen molar-refractivity contribution in [1.29, 1.82) is 0 Å². The standard InChI is InChI=1S/C56H39N5O.Pt/c1-39-34-43(32-33-57-39)40-26-28-44(29-27-40)58-37-59-52-23-9-8-20-50(52)51-31-30-47(36-55(51)59)62-46-19-12-18-45(35-46)60-38-61(54-25-11-10-24-53(54)60)56-48(41-14-4-2-5-15-41)21-13-22-49(56)42-16-6-3-7-17-42;/h2-34,38H,37H2,1H3;/q-4;+4. The molecule has 0 N–H and O–H groups in total. The normalized spacial score (nSPS) is 12.0. The van der Waals surface area contributed by atoms with Crippen molar-refractivity contribution in [3.63, 3.8) is 0 Å². The molecule has 7 heteroatoms. The summed E-state index contributed by atoms with van der Waals surface area (Å²) in [5, 5.41) is 7.28. The Balaban J connectivity index is 0.00000471. The number of nitrogens with zero attached hydrogens (tertiary/aromatic N) is 5. The first kappa shape index (κ1) is 39.7. The monoisotopic (exact) mass is 992 g/mol. The van der Waals surface area contributed by atoms with Gasteiger partial charge in [-0.15, -0.1) is 53.8 Å². The Hall–Kier alpha value is -7.40. The smallest absolute Gasteiger partial charge is 0.668 e. The van der Waals surface area contributed by atoms with E-state index in [0.717, 1.165) is 89.3 Å². The first-order valence-electron chi connectivity index (χ1n) is 20.7. The van der Waals surface area contributed by atoms with Gasteiger partial charge in [0.2, 0.25) is 0 Å². The second-order valence-electron chi connectivity index (χ2n) is 15.3. The molecule has 10 aromatic rings. The maximum Gasteiger partial charge on any atom is 4.00 e. The first-order chi connectivity index (χ1) is 30.6. The summed E-state index contributed by atoms with van der Waals surface area (Å²) in [5.41, 5.74) is 14.9. The van der Waals surface area contributed by atoms with Crippen molar-refractivity contribution in [2.45, 2.75) is 13.6 Å². The maximum atomic E-state index is 6.60. The third-order valence-electron chi connectivity index (χ3n) is 11.5. The molecule has 0 spiro atoms. The first-order valence-corrected chi connectivity index (χ1v) is 20.7. The molecular formula is C56H39N5OPt. The molecule has 0 aliphatic carbocycles. The quantitative estimate of drug-likeness (QED) is 0.128. The van der Waals surface area contributed by atoms with E-state index in [4.69, 9.17) is 10.1 Å². The Bertz CT molecular complexity index is 3160. The summed E-state index contributed by atoms with van der Waals surface area (Å²) in [6.45, 7) is 4.61. The largest absolute Gasteiger partial charge is 4.00 e. The van der Waals surface area contributed by atoms with Crippen molar-refractivity contribution in [3.05, 3.63) is 230 Å². The van der Waals surface area contributed by atoms with E-state index in [2.05, 4.69) is 208 Å². The molecule has 11 rings (SSSR count). The third kappa shape index (κ3) is 7.64. The number of fused-ring (bicyclic) bond motifs is 4. The van der Waals surface area contributed by atoms with Crippen LogP contribution in [0.15, 0.2) is 200 Å². The van der Waals surface area contributed by atoms with Gasteiger partial charge >= 0.3 is 21.1 Å². The van der Waals surface area contributed by atoms with Gasteiger partial charge in [-0.05, 0) is 64.9 Å². The average Bonchev–Trinajstić information content (AvgIpc) is 3.87. The predicted molar refractivity (Wildman–Crippen MR) is 253 cm³/mol. The fourth-order valence-corrected chi connectivity index (χ4v) is 8.54. The fraction of sp³-hybridized carbons (Fsp3) is 0.0357. The molecule has 6 nitrogen and oxygen atoms in total. The summed E-state index contributed by atoms with van der Waals surface area (Å²) in [4.78, 5) is 8.84. The number of aryl methyl sites for hydroxylation is 1. The van der Waals surface area contributed by atoms with Gasteiger partial charge in [-0.2, -0.15) is 12.1 Å². The van der Waals surface area contributed by atoms with Crippen LogP contribution in [-0.4, -0.2) is 9.55 Å². The maximum absolute atomic E-state index is 6.60. The SMILES string of the molecule is Cc1cc(-c2ccc([N-]Cn3c4[c-]c(Oc5[c-]c(N6[CH-]N(c7c(-c8ccccc8)cccc7-c7ccccc7)c7ccccc76)ccc5)ccc4c4ccccc43)cc2)ccn1.[Pt+4]. The van der Waals surface area contributed by atoms with E-state index in [1.165, 1.54) is 0 Å². The van der Waals surface area contributed by atoms with Crippen LogP contribution in [0, 0.1) is 25.7 Å². The summed E-state index contributed by atoms with van der Waals surface area (Å²) >= 11 is 0. The minimum absolute atomic E-state index is 0. The van der Waals surface area contributed by atoms with E-state index in [0.29, 0.717) is 18.2 Å². The van der Waals surface area contributed by atoms with E-state index in [1.54, 1.807) is 0 Å². The Kier molecular flexibility index (Phi) is 10.8. The number of aromatic nitrogens is 2. The summed E-state index contributed by atoms with van der Waals surface area (Å²) in [5.74, 6) is 1.19. The van der Waals surface area contributed by atoms with Gasteiger partial charge in [-0.1, -0.05) is 146 Å². The Labute approximate surface area is 381 Å². The van der Waals surface area contributed by atoms with Gasteiger partial charge in [0.25, 0.3) is 0 Å². The molecule has 0 bridgehead atoms. The van der Waals surface area contributed by atoms with E-state index >= 15 is 0 Å². The minimum Gasteiger partial charge on any atom is -0.668 e. The molecule has 0 radical (unpaired) electrons. The van der Waals surface area contributed by atoms with Crippen LogP contribution in [0.5, 0.6) is 11.5 Å². The van der Waals surface area contributed by atoms with Crippen molar-refractivity contribution in [1.82, 2.24) is 9.55 Å². The zero-order chi connectivity index (χ0) is 41.4. The second-order valence-corrected chi connectivity index (χ2v) is 15.3. The van der Waals surface area contributed by atoms with Crippen LogP contribution in [0.4, 0.5) is 28.4 Å². The molecule has 0 unspecified atom stereocenters. The van der Waals surface area contributed by atoms with Crippen molar-refractivity contribution in [2.75, 3.05) is 9.80 Å². The van der Waals surface area contributed by atoms with Gasteiger partial charge in [0.05, 0.1) is 0 Å². The predicted octanol–water partition coefficient (Wildman–Crippen LogP) is 15.0. The number of para-hydroxylation sites is 4. The van der Waals surface area contributed by atoms with Gasteiger partial charge in [-0.25, -0.2) is 0 Å². The molecule has 63 heavy (non-hydrogen) atoms. The fourth-order valence-electron chi connectivity index (χ4n) is 8.54. The Morgan fingerprint density at radius 1 is 0.556 bits per heavy atom. The Morgan fingerprint density at radius 2 is 1.21 bits per heavy atom. The minimum atomic E-state index is 0. The zero-order valence-corrected chi connectivity index (χ0v) is 36.6. The average molecular weight is 993 g/mol. The van der Waals surface area contributed by atoms with Crippen molar-refractivity contribution >= 4 is 50.2 Å². The molecule has 304 valence electrons. The van der Waals surface area contributed by atoms with E-state index in [-0.39, 0.29) is 21.1 Å². The van der Waals surface area contributed by atoms with Gasteiger partial charge in [0.15, 0.2) is 0 Å². The van der Waals surface area contributed by atoms with Gasteiger partial charge in [-0.3, -0.25) is 4.98 Å². The van der Waals surface area contributed by atoms with Crippen LogP contribution in [0.25, 0.3) is 60.5 Å². The summed E-state index contributed by atoms with van der Waals surface area (Å²) < 4.78 is 8.81. The van der Waals surface area contributed by atoms with Gasteiger partial charge < -0.3 is 24.4 Å². The van der Waals surface area contributed by atoms with E-state index in [9.17, 15) is 0 Å². The topological polar surface area (TPSA) is 47.6 Å². The van der Waals surface area contributed by atoms with Crippen LogP contribution >= 0.6 is 0 Å². The second kappa shape index (κ2) is 17.2. The van der Waals surface area contributed by atoms with Crippen LogP contribution in [0.1, 0.15) is 5.69 Å². The van der Waals surface area contributed by atoms with Gasteiger partial charge in [0.1, 0.15) is 0 Å². The number of hydrogen-bond donors (Lipinski definition) is 0. The Morgan fingerprint density at radius 3 is 1.94 bits per heavy atom. The molecule has 1 aliphatic rings. The van der Waals surface area contributed by atoms with Crippen LogP contribution in [-0.2, 0) is 27.7 Å². The number of rotatable bonds is 10. The molecule has 0 fully saturated rings. The van der Waals surface area contributed by atoms with Gasteiger partial charge in [0, 0.05) is 57.1 Å². The summed E-state index contributed by atoms with van der Waals surface area (Å²) in [7, 11) is 0. The van der Waals surface area contributed by atoms with E-state index < -0.39 is 0 Å². The number of anilines is 4. The van der Waals surface area contributed by atoms with Crippen LogP contribution in [0.2, 0.25) is 0 Å². The number of benzene rings is 8. The third-order valence-corrected chi connectivity index (χ3v) is 11.5. The number of hydrogen-bond acceptors (Lipinski definition) is 4. The molecule has 1 aliphatic heterocycles. The molecule has 0 saturated heterocycles. The molecule has 0 atom stereocenters. The molecule has 0 amide bonds. The van der Waals surface area contributed by atoms with E-state index in [1.807, 2.05) is 37.4 Å². The van der Waals surface area contributed by atoms with Crippen LogP contribution < -0.4 is 14.5 Å². The molecule has 2 aromatic heterocycles. The zero-order valence-electron chi connectivity index (χ0n) is 34.3. The van der Waals surface area contributed by atoms with Crippen molar-refractivity contribution in [3.8, 4) is 44.9 Å². The number of ether oxygens (including phenoxy) is 1. The molecular weight excluding hydrogens is 954 g/mol. The molecule has 8 aromatic carbocycles. The summed E-state index contributed by atoms with van der Waals surface area (Å²) in [6, 6.07) is 74.5. The molecule has 0 saturated carbocycles.